The molecule has 1 aromatic heterocycles. The molecule has 1 aliphatic heterocycles. The molecule has 2 atom stereocenters. The van der Waals surface area contributed by atoms with Crippen molar-refractivity contribution in [3.05, 3.63) is 21.9 Å². The van der Waals surface area contributed by atoms with E-state index in [1.54, 1.807) is 11.3 Å². The van der Waals surface area contributed by atoms with Gasteiger partial charge < -0.3 is 5.11 Å². The van der Waals surface area contributed by atoms with Crippen molar-refractivity contribution in [1.29, 1.82) is 0 Å². The van der Waals surface area contributed by atoms with E-state index >= 15 is 0 Å². The van der Waals surface area contributed by atoms with Crippen LogP contribution in [-0.4, -0.2) is 29.2 Å². The van der Waals surface area contributed by atoms with Crippen molar-refractivity contribution in [2.45, 2.75) is 32.9 Å². The van der Waals surface area contributed by atoms with Gasteiger partial charge in [0.05, 0.1) is 4.88 Å². The molecule has 1 fully saturated rings. The second-order valence-corrected chi connectivity index (χ2v) is 6.01. The zero-order chi connectivity index (χ0) is 12.3. The first-order valence-corrected chi connectivity index (χ1v) is 6.93. The van der Waals surface area contributed by atoms with Crippen LogP contribution in [-0.2, 0) is 6.54 Å². The van der Waals surface area contributed by atoms with Gasteiger partial charge in [-0.05, 0) is 31.4 Å². The number of hydrogen-bond donors (Lipinski definition) is 1. The minimum atomic E-state index is -0.0616. The molecule has 1 aromatic rings. The van der Waals surface area contributed by atoms with Crippen LogP contribution in [0.2, 0.25) is 0 Å². The van der Waals surface area contributed by atoms with Crippen LogP contribution in [0.4, 0.5) is 0 Å². The lowest BCUT2D eigenvalue weighted by Gasteiger charge is -2.19. The predicted octanol–water partition coefficient (Wildman–Crippen LogP) is 2.32. The summed E-state index contributed by atoms with van der Waals surface area (Å²) in [5.74, 6) is 6.47. The van der Waals surface area contributed by atoms with Crippen molar-refractivity contribution in [3.8, 4) is 11.8 Å². The number of aliphatic hydroxyl groups is 1. The lowest BCUT2D eigenvalue weighted by molar-refractivity contribution is 0.259. The molecule has 0 spiro atoms. The maximum absolute atomic E-state index is 8.65. The third kappa shape index (κ3) is 3.32. The second-order valence-electron chi connectivity index (χ2n) is 4.85. The summed E-state index contributed by atoms with van der Waals surface area (Å²) in [6.45, 7) is 6.81. The number of aliphatic hydroxyl groups excluding tert-OH is 1. The third-order valence-corrected chi connectivity index (χ3v) is 4.21. The van der Waals surface area contributed by atoms with Gasteiger partial charge in [0.15, 0.2) is 0 Å². The lowest BCUT2D eigenvalue weighted by atomic mass is 10.1. The lowest BCUT2D eigenvalue weighted by Crippen LogP contribution is -2.25. The summed E-state index contributed by atoms with van der Waals surface area (Å²) in [5.41, 5.74) is 0. The van der Waals surface area contributed by atoms with Gasteiger partial charge in [-0.15, -0.1) is 11.3 Å². The number of likely N-dealkylation sites (tertiary alicyclic amines) is 1. The number of hydrogen-bond acceptors (Lipinski definition) is 3. The fourth-order valence-corrected chi connectivity index (χ4v) is 3.37. The van der Waals surface area contributed by atoms with Crippen molar-refractivity contribution in [3.63, 3.8) is 0 Å². The molecule has 17 heavy (non-hydrogen) atoms. The van der Waals surface area contributed by atoms with Crippen LogP contribution in [0.3, 0.4) is 0 Å². The Balaban J connectivity index is 1.97. The van der Waals surface area contributed by atoms with Gasteiger partial charge in [0, 0.05) is 24.0 Å². The molecule has 2 rings (SSSR count). The van der Waals surface area contributed by atoms with Crippen LogP contribution in [0.1, 0.15) is 30.0 Å². The summed E-state index contributed by atoms with van der Waals surface area (Å²) in [5, 5.41) is 8.65. The molecule has 0 bridgehead atoms. The average Bonchev–Trinajstić information content (AvgIpc) is 2.84. The maximum Gasteiger partial charge on any atom is 0.104 e. The van der Waals surface area contributed by atoms with Gasteiger partial charge in [-0.3, -0.25) is 4.90 Å². The Bertz CT molecular complexity index is 429. The molecule has 2 unspecified atom stereocenters. The maximum atomic E-state index is 8.65. The van der Waals surface area contributed by atoms with Crippen molar-refractivity contribution >= 4 is 11.3 Å². The Morgan fingerprint density at radius 3 is 2.94 bits per heavy atom. The van der Waals surface area contributed by atoms with Crippen molar-refractivity contribution in [2.75, 3.05) is 13.2 Å². The topological polar surface area (TPSA) is 23.5 Å². The summed E-state index contributed by atoms with van der Waals surface area (Å²) in [4.78, 5) is 4.96. The van der Waals surface area contributed by atoms with E-state index in [-0.39, 0.29) is 6.61 Å². The molecule has 0 amide bonds. The zero-order valence-electron chi connectivity index (χ0n) is 10.4. The predicted molar refractivity (Wildman–Crippen MR) is 71.9 cm³/mol. The highest BCUT2D eigenvalue weighted by Gasteiger charge is 2.25. The molecule has 1 saturated heterocycles. The van der Waals surface area contributed by atoms with E-state index in [0.717, 1.165) is 17.3 Å². The normalized spacial score (nSPS) is 24.6. The molecule has 0 saturated carbocycles. The Labute approximate surface area is 107 Å². The SMILES string of the molecule is CC1CC(C)N(Cc2ccc(C#CCO)s2)C1. The quantitative estimate of drug-likeness (QED) is 0.813. The molecule has 0 aromatic carbocycles. The van der Waals surface area contributed by atoms with Crippen LogP contribution in [0.5, 0.6) is 0 Å². The molecule has 1 aliphatic rings. The minimum absolute atomic E-state index is 0.0616. The fourth-order valence-electron chi connectivity index (χ4n) is 2.46. The minimum Gasteiger partial charge on any atom is -0.384 e. The largest absolute Gasteiger partial charge is 0.384 e. The standard InChI is InChI=1S/C14H19NOS/c1-11-8-12(2)15(9-11)10-14-6-5-13(17-14)4-3-7-16/h5-6,11-12,16H,7-10H2,1-2H3. The molecule has 92 valence electrons. The van der Waals surface area contributed by atoms with E-state index in [2.05, 4.69) is 36.7 Å². The van der Waals surface area contributed by atoms with Gasteiger partial charge in [-0.2, -0.15) is 0 Å². The van der Waals surface area contributed by atoms with Crippen LogP contribution in [0.15, 0.2) is 12.1 Å². The summed E-state index contributed by atoms with van der Waals surface area (Å²) in [6, 6.07) is 4.90. The molecular weight excluding hydrogens is 230 g/mol. The van der Waals surface area contributed by atoms with E-state index in [4.69, 9.17) is 5.11 Å². The molecule has 0 radical (unpaired) electrons. The molecule has 2 nitrogen and oxygen atoms in total. The van der Waals surface area contributed by atoms with Crippen molar-refractivity contribution < 1.29 is 5.11 Å². The molecule has 2 heterocycles. The Morgan fingerprint density at radius 2 is 2.29 bits per heavy atom. The number of nitrogens with zero attached hydrogens (tertiary/aromatic N) is 1. The summed E-state index contributed by atoms with van der Waals surface area (Å²) in [7, 11) is 0. The molecular formula is C14H19NOS. The smallest absolute Gasteiger partial charge is 0.104 e. The van der Waals surface area contributed by atoms with Crippen LogP contribution in [0, 0.1) is 17.8 Å². The van der Waals surface area contributed by atoms with Crippen LogP contribution in [0.25, 0.3) is 0 Å². The highest BCUT2D eigenvalue weighted by molar-refractivity contribution is 7.12. The summed E-state index contributed by atoms with van der Waals surface area (Å²) in [6.07, 6.45) is 1.31. The fraction of sp³-hybridized carbons (Fsp3) is 0.571. The monoisotopic (exact) mass is 249 g/mol. The first-order chi connectivity index (χ1) is 8.19. The summed E-state index contributed by atoms with van der Waals surface area (Å²) >= 11 is 1.74. The van der Waals surface area contributed by atoms with Crippen LogP contribution >= 0.6 is 11.3 Å². The van der Waals surface area contributed by atoms with Crippen molar-refractivity contribution in [1.82, 2.24) is 4.90 Å². The van der Waals surface area contributed by atoms with Crippen LogP contribution < -0.4 is 0 Å². The Kier molecular flexibility index (Phi) is 4.22. The van der Waals surface area contributed by atoms with Gasteiger partial charge >= 0.3 is 0 Å². The van der Waals surface area contributed by atoms with Gasteiger partial charge in [0.1, 0.15) is 6.61 Å². The van der Waals surface area contributed by atoms with E-state index in [0.29, 0.717) is 6.04 Å². The zero-order valence-corrected chi connectivity index (χ0v) is 11.3. The molecule has 3 heteroatoms. The average molecular weight is 249 g/mol. The van der Waals surface area contributed by atoms with E-state index < -0.39 is 0 Å². The molecule has 0 aliphatic carbocycles. The Morgan fingerprint density at radius 1 is 1.47 bits per heavy atom. The highest BCUT2D eigenvalue weighted by atomic mass is 32.1. The van der Waals surface area contributed by atoms with Gasteiger partial charge in [0.2, 0.25) is 0 Å². The number of rotatable bonds is 2. The van der Waals surface area contributed by atoms with E-state index in [9.17, 15) is 0 Å². The number of thiophene rings is 1. The van der Waals surface area contributed by atoms with Crippen molar-refractivity contribution in [2.24, 2.45) is 5.92 Å². The van der Waals surface area contributed by atoms with Gasteiger partial charge in [-0.25, -0.2) is 0 Å². The first kappa shape index (κ1) is 12.6. The Hall–Kier alpha value is -0.820. The van der Waals surface area contributed by atoms with E-state index in [1.165, 1.54) is 17.8 Å². The van der Waals surface area contributed by atoms with Gasteiger partial charge in [-0.1, -0.05) is 18.8 Å². The first-order valence-electron chi connectivity index (χ1n) is 6.11. The second kappa shape index (κ2) is 5.68. The summed E-state index contributed by atoms with van der Waals surface area (Å²) < 4.78 is 0. The third-order valence-electron chi connectivity index (χ3n) is 3.22. The van der Waals surface area contributed by atoms with E-state index in [1.807, 2.05) is 6.07 Å². The highest BCUT2D eigenvalue weighted by Crippen LogP contribution is 2.26. The molecule has 1 N–H and O–H groups in total. The van der Waals surface area contributed by atoms with Gasteiger partial charge in [0.25, 0.3) is 0 Å².